The van der Waals surface area contributed by atoms with E-state index in [1.54, 1.807) is 0 Å². The van der Waals surface area contributed by atoms with Crippen molar-refractivity contribution in [1.29, 1.82) is 0 Å². The molecule has 2 aromatic carbocycles. The third-order valence-corrected chi connectivity index (χ3v) is 3.78. The SMILES string of the molecule is C1CC1.CC(C)(O)c1ccccc1CCCc1ccccc1. The lowest BCUT2D eigenvalue weighted by Crippen LogP contribution is -2.18. The Labute approximate surface area is 135 Å². The van der Waals surface area contributed by atoms with E-state index >= 15 is 0 Å². The molecule has 118 valence electrons. The molecule has 2 aromatic rings. The van der Waals surface area contributed by atoms with Crippen molar-refractivity contribution < 1.29 is 5.11 Å². The molecule has 0 bridgehead atoms. The minimum Gasteiger partial charge on any atom is -0.386 e. The van der Waals surface area contributed by atoms with Crippen LogP contribution in [0, 0.1) is 0 Å². The summed E-state index contributed by atoms with van der Waals surface area (Å²) in [6, 6.07) is 18.7. The number of hydrogen-bond acceptors (Lipinski definition) is 1. The van der Waals surface area contributed by atoms with E-state index in [9.17, 15) is 5.11 Å². The molecule has 0 saturated heterocycles. The summed E-state index contributed by atoms with van der Waals surface area (Å²) in [7, 11) is 0. The quantitative estimate of drug-likeness (QED) is 0.798. The van der Waals surface area contributed by atoms with Crippen molar-refractivity contribution in [3.05, 3.63) is 71.3 Å². The minimum absolute atomic E-state index is 0.761. The van der Waals surface area contributed by atoms with Gasteiger partial charge in [0, 0.05) is 0 Å². The first kappa shape index (κ1) is 16.8. The normalized spacial score (nSPS) is 13.2. The van der Waals surface area contributed by atoms with E-state index in [0.29, 0.717) is 0 Å². The van der Waals surface area contributed by atoms with Gasteiger partial charge in [-0.3, -0.25) is 0 Å². The number of aryl methyl sites for hydroxylation is 2. The number of aliphatic hydroxyl groups is 1. The van der Waals surface area contributed by atoms with Crippen molar-refractivity contribution in [1.82, 2.24) is 0 Å². The van der Waals surface area contributed by atoms with E-state index in [1.165, 1.54) is 30.4 Å². The van der Waals surface area contributed by atoms with Crippen molar-refractivity contribution in [3.63, 3.8) is 0 Å². The average Bonchev–Trinajstić information content (AvgIpc) is 3.36. The molecule has 0 unspecified atom stereocenters. The van der Waals surface area contributed by atoms with E-state index < -0.39 is 5.60 Å². The summed E-state index contributed by atoms with van der Waals surface area (Å²) in [5, 5.41) is 10.2. The molecule has 1 fully saturated rings. The Morgan fingerprint density at radius 3 is 2.00 bits per heavy atom. The third-order valence-electron chi connectivity index (χ3n) is 3.78. The van der Waals surface area contributed by atoms with E-state index in [2.05, 4.69) is 30.3 Å². The van der Waals surface area contributed by atoms with Crippen molar-refractivity contribution in [2.45, 2.75) is 58.0 Å². The van der Waals surface area contributed by atoms with Crippen LogP contribution in [0.15, 0.2) is 54.6 Å². The maximum atomic E-state index is 10.2. The van der Waals surface area contributed by atoms with Gasteiger partial charge >= 0.3 is 0 Å². The molecule has 1 N–H and O–H groups in total. The predicted octanol–water partition coefficient (Wildman–Crippen LogP) is 5.26. The van der Waals surface area contributed by atoms with Crippen molar-refractivity contribution in [2.75, 3.05) is 0 Å². The molecule has 0 aromatic heterocycles. The molecule has 1 saturated carbocycles. The molecule has 0 aliphatic heterocycles. The van der Waals surface area contributed by atoms with Crippen LogP contribution in [0.2, 0.25) is 0 Å². The van der Waals surface area contributed by atoms with Gasteiger partial charge < -0.3 is 5.11 Å². The minimum atomic E-state index is -0.761. The number of hydrogen-bond donors (Lipinski definition) is 1. The van der Waals surface area contributed by atoms with Crippen LogP contribution in [-0.4, -0.2) is 5.11 Å². The molecule has 1 aliphatic carbocycles. The van der Waals surface area contributed by atoms with Crippen LogP contribution in [0.3, 0.4) is 0 Å². The summed E-state index contributed by atoms with van der Waals surface area (Å²) in [4.78, 5) is 0. The molecular weight excluding hydrogens is 268 g/mol. The summed E-state index contributed by atoms with van der Waals surface area (Å²) in [5.74, 6) is 0. The van der Waals surface area contributed by atoms with Gasteiger partial charge in [-0.05, 0) is 49.8 Å². The van der Waals surface area contributed by atoms with Crippen molar-refractivity contribution in [2.24, 2.45) is 0 Å². The zero-order valence-corrected chi connectivity index (χ0v) is 13.9. The Bertz CT molecular complexity index is 547. The van der Waals surface area contributed by atoms with Crippen molar-refractivity contribution in [3.8, 4) is 0 Å². The van der Waals surface area contributed by atoms with Gasteiger partial charge in [0.15, 0.2) is 0 Å². The smallest absolute Gasteiger partial charge is 0.0843 e. The first-order valence-electron chi connectivity index (χ1n) is 8.42. The fraction of sp³-hybridized carbons (Fsp3) is 0.429. The Balaban J connectivity index is 0.000000523. The summed E-state index contributed by atoms with van der Waals surface area (Å²) in [5.41, 5.74) is 2.92. The predicted molar refractivity (Wildman–Crippen MR) is 94.0 cm³/mol. The second kappa shape index (κ2) is 8.14. The molecule has 1 heteroatoms. The molecule has 22 heavy (non-hydrogen) atoms. The Kier molecular flexibility index (Phi) is 6.21. The van der Waals surface area contributed by atoms with E-state index in [4.69, 9.17) is 0 Å². The lowest BCUT2D eigenvalue weighted by Gasteiger charge is -2.21. The van der Waals surface area contributed by atoms with Gasteiger partial charge in [0.25, 0.3) is 0 Å². The van der Waals surface area contributed by atoms with Crippen LogP contribution in [0.4, 0.5) is 0 Å². The van der Waals surface area contributed by atoms with Gasteiger partial charge in [-0.25, -0.2) is 0 Å². The highest BCUT2D eigenvalue weighted by Gasteiger charge is 2.18. The van der Waals surface area contributed by atoms with E-state index in [0.717, 1.165) is 24.8 Å². The van der Waals surface area contributed by atoms with Crippen LogP contribution in [-0.2, 0) is 18.4 Å². The Morgan fingerprint density at radius 1 is 0.818 bits per heavy atom. The molecule has 0 radical (unpaired) electrons. The van der Waals surface area contributed by atoms with Crippen LogP contribution in [0.5, 0.6) is 0 Å². The highest BCUT2D eigenvalue weighted by molar-refractivity contribution is 5.31. The molecule has 0 atom stereocenters. The zero-order chi connectivity index (χ0) is 15.8. The molecule has 0 amide bonds. The van der Waals surface area contributed by atoms with Gasteiger partial charge in [0.05, 0.1) is 5.60 Å². The highest BCUT2D eigenvalue weighted by Crippen LogP contribution is 2.24. The second-order valence-corrected chi connectivity index (χ2v) is 6.62. The summed E-state index contributed by atoms with van der Waals surface area (Å²) >= 11 is 0. The van der Waals surface area contributed by atoms with Gasteiger partial charge in [-0.1, -0.05) is 73.9 Å². The fourth-order valence-electron chi connectivity index (χ4n) is 2.46. The topological polar surface area (TPSA) is 20.2 Å². The fourth-order valence-corrected chi connectivity index (χ4v) is 2.46. The van der Waals surface area contributed by atoms with Crippen LogP contribution in [0.25, 0.3) is 0 Å². The molecule has 0 heterocycles. The largest absolute Gasteiger partial charge is 0.386 e. The lowest BCUT2D eigenvalue weighted by atomic mass is 9.90. The van der Waals surface area contributed by atoms with Gasteiger partial charge in [0.1, 0.15) is 0 Å². The highest BCUT2D eigenvalue weighted by atomic mass is 16.3. The number of benzene rings is 2. The second-order valence-electron chi connectivity index (χ2n) is 6.62. The summed E-state index contributed by atoms with van der Waals surface area (Å²) in [6.45, 7) is 3.70. The maximum Gasteiger partial charge on any atom is 0.0843 e. The van der Waals surface area contributed by atoms with E-state index in [-0.39, 0.29) is 0 Å². The van der Waals surface area contributed by atoms with Gasteiger partial charge in [-0.2, -0.15) is 0 Å². The zero-order valence-electron chi connectivity index (χ0n) is 13.9. The van der Waals surface area contributed by atoms with E-state index in [1.807, 2.05) is 38.1 Å². The standard InChI is InChI=1S/C18H22O.C3H6/c1-18(2,19)17-14-7-6-12-16(17)13-8-11-15-9-4-3-5-10-15;1-2-3-1/h3-7,9-10,12,14,19H,8,11,13H2,1-2H3;1-3H2. The first-order valence-corrected chi connectivity index (χ1v) is 8.42. The van der Waals surface area contributed by atoms with Crippen LogP contribution < -0.4 is 0 Å². The molecular formula is C21H28O. The van der Waals surface area contributed by atoms with Gasteiger partial charge in [0.2, 0.25) is 0 Å². The first-order chi connectivity index (χ1) is 10.6. The maximum absolute atomic E-state index is 10.2. The van der Waals surface area contributed by atoms with Crippen molar-refractivity contribution >= 4 is 0 Å². The van der Waals surface area contributed by atoms with Crippen LogP contribution in [0.1, 0.15) is 56.2 Å². The molecule has 1 aliphatic rings. The molecule has 1 nitrogen and oxygen atoms in total. The molecule has 0 spiro atoms. The van der Waals surface area contributed by atoms with Crippen LogP contribution >= 0.6 is 0 Å². The monoisotopic (exact) mass is 296 g/mol. The molecule has 3 rings (SSSR count). The Morgan fingerprint density at radius 2 is 1.41 bits per heavy atom. The summed E-state index contributed by atoms with van der Waals surface area (Å²) < 4.78 is 0. The average molecular weight is 296 g/mol. The van der Waals surface area contributed by atoms with Gasteiger partial charge in [-0.15, -0.1) is 0 Å². The number of rotatable bonds is 5. The summed E-state index contributed by atoms with van der Waals surface area (Å²) in [6.07, 6.45) is 7.70. The lowest BCUT2D eigenvalue weighted by molar-refractivity contribution is 0.0776. The third kappa shape index (κ3) is 6.03. The Hall–Kier alpha value is -1.60.